The zero-order valence-electron chi connectivity index (χ0n) is 17.1. The Bertz CT molecular complexity index is 993. The molecule has 1 aromatic carbocycles. The van der Waals surface area contributed by atoms with E-state index in [4.69, 9.17) is 5.73 Å². The smallest absolute Gasteiger partial charge is 0.214 e. The molecule has 30 heavy (non-hydrogen) atoms. The number of nitrogen functional groups attached to an aromatic ring is 1. The molecule has 0 saturated heterocycles. The number of sulfone groups is 1. The lowest BCUT2D eigenvalue weighted by molar-refractivity contribution is -0.116. The van der Waals surface area contributed by atoms with Crippen molar-refractivity contribution in [3.63, 3.8) is 0 Å². The van der Waals surface area contributed by atoms with Crippen LogP contribution in [0.15, 0.2) is 58.0 Å². The number of carbonyl (C=O) groups is 1. The van der Waals surface area contributed by atoms with Crippen LogP contribution in [0, 0.1) is 6.92 Å². The molecule has 0 atom stereocenters. The van der Waals surface area contributed by atoms with Gasteiger partial charge in [-0.2, -0.15) is 0 Å². The second kappa shape index (κ2) is 11.1. The topological polar surface area (TPSA) is 114 Å². The number of rotatable bonds is 11. The van der Waals surface area contributed by atoms with Crippen LogP contribution in [0.5, 0.6) is 0 Å². The van der Waals surface area contributed by atoms with E-state index in [1.165, 1.54) is 16.7 Å². The van der Waals surface area contributed by atoms with Crippen LogP contribution in [0.1, 0.15) is 24.6 Å². The average molecular weight is 450 g/mol. The molecule has 2 aromatic rings. The summed E-state index contributed by atoms with van der Waals surface area (Å²) in [5, 5.41) is 9.44. The van der Waals surface area contributed by atoms with Gasteiger partial charge in [0.25, 0.3) is 0 Å². The van der Waals surface area contributed by atoms with Crippen LogP contribution in [0.2, 0.25) is 0 Å². The molecule has 0 bridgehead atoms. The highest BCUT2D eigenvalue weighted by Crippen LogP contribution is 2.27. The summed E-state index contributed by atoms with van der Waals surface area (Å²) in [6, 6.07) is 11.9. The number of carbonyl (C=O) groups excluding carboxylic acids is 1. The van der Waals surface area contributed by atoms with Crippen LogP contribution >= 0.6 is 11.8 Å². The number of aliphatic hydroxyl groups excluding tert-OH is 1. The summed E-state index contributed by atoms with van der Waals surface area (Å²) in [6.45, 7) is 3.75. The van der Waals surface area contributed by atoms with Gasteiger partial charge >= 0.3 is 0 Å². The Hall–Kier alpha value is -2.36. The summed E-state index contributed by atoms with van der Waals surface area (Å²) in [7, 11) is -3.39. The lowest BCUT2D eigenvalue weighted by Gasteiger charge is -2.22. The molecular weight excluding hydrogens is 422 g/mol. The second-order valence-electron chi connectivity index (χ2n) is 6.69. The first-order chi connectivity index (χ1) is 14.3. The number of pyridine rings is 1. The Kier molecular flexibility index (Phi) is 8.88. The highest BCUT2D eigenvalue weighted by Gasteiger charge is 2.17. The number of benzene rings is 1. The maximum atomic E-state index is 12.5. The Morgan fingerprint density at radius 3 is 2.53 bits per heavy atom. The zero-order valence-corrected chi connectivity index (χ0v) is 18.7. The third-order valence-corrected chi connectivity index (χ3v) is 7.77. The monoisotopic (exact) mass is 449 g/mol. The molecule has 3 N–H and O–H groups in total. The molecule has 9 heteroatoms. The summed E-state index contributed by atoms with van der Waals surface area (Å²) in [6.07, 6.45) is 1.03. The van der Waals surface area contributed by atoms with Gasteiger partial charge in [0.05, 0.1) is 17.2 Å². The minimum absolute atomic E-state index is 0.0419. The van der Waals surface area contributed by atoms with Crippen LogP contribution in [0.4, 0.5) is 5.82 Å². The molecule has 0 aliphatic carbocycles. The molecule has 0 aliphatic heterocycles. The molecular formula is C21H27N3O4S2. The fraction of sp³-hybridized carbons (Fsp3) is 0.333. The Morgan fingerprint density at radius 2 is 1.93 bits per heavy atom. The van der Waals surface area contributed by atoms with Gasteiger partial charge in [-0.1, -0.05) is 24.3 Å². The molecule has 0 fully saturated rings. The Balaban J connectivity index is 2.13. The predicted molar refractivity (Wildman–Crippen MR) is 120 cm³/mol. The van der Waals surface area contributed by atoms with Gasteiger partial charge in [0, 0.05) is 40.6 Å². The largest absolute Gasteiger partial charge is 0.396 e. The number of thioether (sulfide) groups is 1. The number of hydrogen-bond donors (Lipinski definition) is 2. The zero-order chi connectivity index (χ0) is 22.1. The number of anilines is 1. The molecule has 1 heterocycles. The first-order valence-corrected chi connectivity index (χ1v) is 12.1. The van der Waals surface area contributed by atoms with Gasteiger partial charge in [0.1, 0.15) is 5.82 Å². The minimum atomic E-state index is -3.39. The Morgan fingerprint density at radius 1 is 1.23 bits per heavy atom. The van der Waals surface area contributed by atoms with Crippen LogP contribution in [0.3, 0.4) is 0 Å². The van der Waals surface area contributed by atoms with Crippen LogP contribution in [0.25, 0.3) is 0 Å². The van der Waals surface area contributed by atoms with Crippen LogP contribution in [-0.2, 0) is 21.2 Å². The van der Waals surface area contributed by atoms with Gasteiger partial charge in [0.2, 0.25) is 6.41 Å². The second-order valence-corrected chi connectivity index (χ2v) is 9.99. The number of allylic oxidation sites excluding steroid dienone is 1. The Labute approximate surface area is 181 Å². The van der Waals surface area contributed by atoms with E-state index in [1.807, 2.05) is 19.1 Å². The van der Waals surface area contributed by atoms with E-state index in [0.29, 0.717) is 35.7 Å². The van der Waals surface area contributed by atoms with Crippen LogP contribution in [-0.4, -0.2) is 47.9 Å². The first-order valence-electron chi connectivity index (χ1n) is 9.43. The van der Waals surface area contributed by atoms with E-state index in [1.54, 1.807) is 37.3 Å². The fourth-order valence-electron chi connectivity index (χ4n) is 2.80. The molecule has 0 unspecified atom stereocenters. The normalized spacial score (nSPS) is 12.4. The third kappa shape index (κ3) is 6.58. The van der Waals surface area contributed by atoms with Crippen molar-refractivity contribution >= 4 is 33.8 Å². The van der Waals surface area contributed by atoms with E-state index in [0.717, 1.165) is 10.6 Å². The number of nitrogens with zero attached hydrogens (tertiary/aromatic N) is 2. The summed E-state index contributed by atoms with van der Waals surface area (Å²) in [4.78, 5) is 18.5. The van der Waals surface area contributed by atoms with Gasteiger partial charge < -0.3 is 15.7 Å². The number of aromatic nitrogens is 1. The van der Waals surface area contributed by atoms with Gasteiger partial charge in [-0.25, -0.2) is 13.4 Å². The number of aliphatic hydroxyl groups is 1. The number of aryl methyl sites for hydroxylation is 1. The standard InChI is InChI=1S/C21H27N3O4S2/c1-16-8-9-18(21(22)23-16)14-24(15-26)17(2)20(10-11-25)29-12-13-30(27,28)19-6-4-3-5-7-19/h3-9,15,25H,10-14H2,1-2H3,(H2,22,23). The van der Waals surface area contributed by atoms with E-state index < -0.39 is 9.84 Å². The van der Waals surface area contributed by atoms with Crippen molar-refractivity contribution in [2.24, 2.45) is 0 Å². The van der Waals surface area contributed by atoms with Crippen molar-refractivity contribution in [3.8, 4) is 0 Å². The van der Waals surface area contributed by atoms with E-state index in [-0.39, 0.29) is 23.8 Å². The van der Waals surface area contributed by atoms with Gasteiger partial charge in [0.15, 0.2) is 9.84 Å². The lowest BCUT2D eigenvalue weighted by Crippen LogP contribution is -2.22. The van der Waals surface area contributed by atoms with Crippen molar-refractivity contribution in [1.29, 1.82) is 0 Å². The third-order valence-electron chi connectivity index (χ3n) is 4.52. The summed E-state index contributed by atoms with van der Waals surface area (Å²) >= 11 is 1.33. The number of amides is 1. The molecule has 0 radical (unpaired) electrons. The van der Waals surface area contributed by atoms with Crippen molar-refractivity contribution in [3.05, 3.63) is 64.3 Å². The maximum Gasteiger partial charge on any atom is 0.214 e. The highest BCUT2D eigenvalue weighted by atomic mass is 32.2. The molecule has 1 amide bonds. The lowest BCUT2D eigenvalue weighted by atomic mass is 10.2. The van der Waals surface area contributed by atoms with Gasteiger partial charge in [-0.15, -0.1) is 11.8 Å². The fourth-order valence-corrected chi connectivity index (χ4v) is 5.62. The molecule has 0 saturated carbocycles. The molecule has 7 nitrogen and oxygen atoms in total. The molecule has 0 spiro atoms. The number of hydrogen-bond acceptors (Lipinski definition) is 7. The van der Waals surface area contributed by atoms with Gasteiger partial charge in [-0.05, 0) is 32.0 Å². The van der Waals surface area contributed by atoms with Crippen molar-refractivity contribution in [2.75, 3.05) is 23.8 Å². The predicted octanol–water partition coefficient (Wildman–Crippen LogP) is 2.75. The average Bonchev–Trinajstić information content (AvgIpc) is 2.73. The summed E-state index contributed by atoms with van der Waals surface area (Å²) < 4.78 is 24.9. The molecule has 0 aliphatic rings. The molecule has 162 valence electrons. The highest BCUT2D eigenvalue weighted by molar-refractivity contribution is 8.04. The quantitative estimate of drug-likeness (QED) is 0.507. The van der Waals surface area contributed by atoms with Crippen molar-refractivity contribution in [2.45, 2.75) is 31.7 Å². The van der Waals surface area contributed by atoms with Gasteiger partial charge in [-0.3, -0.25) is 4.79 Å². The number of nitrogens with two attached hydrogens (primary N) is 1. The van der Waals surface area contributed by atoms with E-state index >= 15 is 0 Å². The van der Waals surface area contributed by atoms with Crippen molar-refractivity contribution in [1.82, 2.24) is 9.88 Å². The van der Waals surface area contributed by atoms with Crippen molar-refractivity contribution < 1.29 is 18.3 Å². The minimum Gasteiger partial charge on any atom is -0.396 e. The summed E-state index contributed by atoms with van der Waals surface area (Å²) in [5.74, 6) is 0.630. The van der Waals surface area contributed by atoms with E-state index in [2.05, 4.69) is 4.98 Å². The van der Waals surface area contributed by atoms with E-state index in [9.17, 15) is 18.3 Å². The SMILES string of the molecule is CC(=C(CCO)SCCS(=O)(=O)c1ccccc1)N(C=O)Cc1ccc(C)nc1N. The summed E-state index contributed by atoms with van der Waals surface area (Å²) in [5.41, 5.74) is 8.12. The molecule has 1 aromatic heterocycles. The van der Waals surface area contributed by atoms with Crippen LogP contribution < -0.4 is 5.73 Å². The molecule has 2 rings (SSSR count). The maximum absolute atomic E-state index is 12.5. The first kappa shape index (κ1) is 23.9.